The first kappa shape index (κ1) is 90.1. The van der Waals surface area contributed by atoms with E-state index >= 15 is 0 Å². The Morgan fingerprint density at radius 2 is 0.554 bits per heavy atom. The number of aliphatic hydroxyl groups excluding tert-OH is 1. The van der Waals surface area contributed by atoms with E-state index in [0.717, 1.165) is 120 Å². The van der Waals surface area contributed by atoms with Gasteiger partial charge in [0.15, 0.2) is 12.2 Å². The van der Waals surface area contributed by atoms with Crippen LogP contribution in [-0.2, 0) is 65.4 Å². The van der Waals surface area contributed by atoms with Gasteiger partial charge < -0.3 is 33.8 Å². The van der Waals surface area contributed by atoms with Crippen LogP contribution in [0.1, 0.15) is 370 Å². The molecule has 4 unspecified atom stereocenters. The van der Waals surface area contributed by atoms with E-state index in [4.69, 9.17) is 37.0 Å². The van der Waals surface area contributed by atoms with E-state index in [0.29, 0.717) is 25.7 Å². The van der Waals surface area contributed by atoms with Gasteiger partial charge in [-0.05, 0) is 43.4 Å². The van der Waals surface area contributed by atoms with Crippen molar-refractivity contribution in [1.29, 1.82) is 0 Å². The highest BCUT2D eigenvalue weighted by Gasteiger charge is 2.30. The monoisotopic (exact) mass is 1350 g/mol. The van der Waals surface area contributed by atoms with E-state index < -0.39 is 97.5 Å². The van der Waals surface area contributed by atoms with Crippen molar-refractivity contribution >= 4 is 39.5 Å². The lowest BCUT2D eigenvalue weighted by Gasteiger charge is -2.21. The molecule has 0 bridgehead atoms. The summed E-state index contributed by atoms with van der Waals surface area (Å²) in [5, 5.41) is 10.6. The van der Waals surface area contributed by atoms with Crippen LogP contribution < -0.4 is 0 Å². The number of unbranched alkanes of at least 4 members (excludes halogenated alkanes) is 37. The second-order valence-corrected chi connectivity index (χ2v) is 30.2. The predicted octanol–water partition coefficient (Wildman–Crippen LogP) is 21.0. The fourth-order valence-corrected chi connectivity index (χ4v) is 12.6. The van der Waals surface area contributed by atoms with E-state index in [9.17, 15) is 43.2 Å². The molecule has 0 amide bonds. The van der Waals surface area contributed by atoms with E-state index in [1.165, 1.54) is 167 Å². The third-order valence-corrected chi connectivity index (χ3v) is 19.5. The fourth-order valence-electron chi connectivity index (χ4n) is 11.0. The number of ether oxygens (including phenoxy) is 4. The number of hydrogen-bond donors (Lipinski definition) is 3. The van der Waals surface area contributed by atoms with Gasteiger partial charge in [0, 0.05) is 25.7 Å². The van der Waals surface area contributed by atoms with Crippen molar-refractivity contribution in [2.24, 2.45) is 17.8 Å². The van der Waals surface area contributed by atoms with Gasteiger partial charge >= 0.3 is 39.5 Å². The highest BCUT2D eigenvalue weighted by atomic mass is 31.2. The number of rotatable bonds is 71. The highest BCUT2D eigenvalue weighted by molar-refractivity contribution is 7.47. The minimum atomic E-state index is -4.95. The first-order valence-electron chi connectivity index (χ1n) is 37.9. The lowest BCUT2D eigenvalue weighted by atomic mass is 9.99. The van der Waals surface area contributed by atoms with Crippen LogP contribution in [-0.4, -0.2) is 96.7 Å². The van der Waals surface area contributed by atoms with E-state index in [-0.39, 0.29) is 25.7 Å². The lowest BCUT2D eigenvalue weighted by Crippen LogP contribution is -2.30. The molecule has 7 atom stereocenters. The molecule has 3 N–H and O–H groups in total. The third kappa shape index (κ3) is 64.1. The van der Waals surface area contributed by atoms with E-state index in [1.54, 1.807) is 0 Å². The van der Waals surface area contributed by atoms with Crippen molar-refractivity contribution < 1.29 is 80.2 Å². The van der Waals surface area contributed by atoms with Gasteiger partial charge in [-0.15, -0.1) is 0 Å². The summed E-state index contributed by atoms with van der Waals surface area (Å²) < 4.78 is 68.2. The Kier molecular flexibility index (Phi) is 62.4. The summed E-state index contributed by atoms with van der Waals surface area (Å²) in [6, 6.07) is 0. The van der Waals surface area contributed by atoms with E-state index in [2.05, 4.69) is 48.5 Å². The van der Waals surface area contributed by atoms with Gasteiger partial charge in [0.25, 0.3) is 0 Å². The molecule has 0 radical (unpaired) electrons. The van der Waals surface area contributed by atoms with Crippen molar-refractivity contribution in [2.45, 2.75) is 388 Å². The Hall–Kier alpha value is -1.94. The Bertz CT molecular complexity index is 1810. The average Bonchev–Trinajstić information content (AvgIpc) is 3.06. The maximum Gasteiger partial charge on any atom is 0.472 e. The zero-order valence-electron chi connectivity index (χ0n) is 60.0. The normalized spacial score (nSPS) is 14.7. The quantitative estimate of drug-likeness (QED) is 0.0222. The van der Waals surface area contributed by atoms with E-state index in [1.807, 2.05) is 0 Å². The standard InChI is InChI=1S/C73H142O17P2/c1-8-11-12-13-30-40-47-54-70(75)83-60-69(90-73(78)57-50-43-36-35-39-46-53-66(7)10-3)63-88-92(81,82)86-59-67(74)58-85-91(79,80)87-62-68(61-84-71(76)55-48-41-33-28-25-24-26-31-37-44-51-64(4)5)89-72(77)56-49-42-34-29-23-21-19-17-15-14-16-18-20-22-27-32-38-45-52-65(6)9-2/h64-69,74H,8-63H2,1-7H3,(H,79,80)(H,81,82)/t65?,66?,67-,68-,69-/m1/s1. The molecular weight excluding hydrogens is 1210 g/mol. The predicted molar refractivity (Wildman–Crippen MR) is 372 cm³/mol. The summed E-state index contributed by atoms with van der Waals surface area (Å²) in [4.78, 5) is 72.5. The Morgan fingerprint density at radius 3 is 0.826 bits per heavy atom. The average molecular weight is 1350 g/mol. The SMILES string of the molecule is CCCCCCCCCC(=O)OC[C@H](COP(=O)(O)OC[C@H](O)COP(=O)(O)OC[C@@H](COC(=O)CCCCCCCCCCCCC(C)C)OC(=O)CCCCCCCCCCCCCCCCCCCCC(C)CC)OC(=O)CCCCCCCCC(C)CC. The smallest absolute Gasteiger partial charge is 0.462 e. The van der Waals surface area contributed by atoms with Gasteiger partial charge in [0.1, 0.15) is 19.3 Å². The maximum atomic E-state index is 13.1. The third-order valence-electron chi connectivity index (χ3n) is 17.6. The van der Waals surface area contributed by atoms with Gasteiger partial charge in [-0.2, -0.15) is 0 Å². The Labute approximate surface area is 562 Å². The molecule has 17 nitrogen and oxygen atoms in total. The van der Waals surface area contributed by atoms with Crippen LogP contribution in [0.15, 0.2) is 0 Å². The van der Waals surface area contributed by atoms with Crippen LogP contribution >= 0.6 is 15.6 Å². The molecule has 546 valence electrons. The summed E-state index contributed by atoms with van der Waals surface area (Å²) in [5.74, 6) is 0.219. The van der Waals surface area contributed by atoms with Crippen molar-refractivity contribution in [2.75, 3.05) is 39.6 Å². The number of esters is 4. The van der Waals surface area contributed by atoms with Gasteiger partial charge in [-0.1, -0.05) is 318 Å². The lowest BCUT2D eigenvalue weighted by molar-refractivity contribution is -0.161. The molecule has 0 fully saturated rings. The fraction of sp³-hybridized carbons (Fsp3) is 0.945. The number of phosphoric ester groups is 2. The van der Waals surface area contributed by atoms with Crippen LogP contribution in [0.25, 0.3) is 0 Å². The molecule has 0 rings (SSSR count). The van der Waals surface area contributed by atoms with Crippen molar-refractivity contribution in [3.63, 3.8) is 0 Å². The molecular formula is C73H142O17P2. The molecule has 0 heterocycles. The summed E-state index contributed by atoms with van der Waals surface area (Å²) in [7, 11) is -9.90. The van der Waals surface area contributed by atoms with Gasteiger partial charge in [-0.3, -0.25) is 37.3 Å². The molecule has 19 heteroatoms. The van der Waals surface area contributed by atoms with Crippen molar-refractivity contribution in [3.05, 3.63) is 0 Å². The zero-order chi connectivity index (χ0) is 68.0. The number of carbonyl (C=O) groups is 4. The molecule has 0 saturated heterocycles. The van der Waals surface area contributed by atoms with Gasteiger partial charge in [-0.25, -0.2) is 9.13 Å². The van der Waals surface area contributed by atoms with Crippen LogP contribution in [0, 0.1) is 17.8 Å². The second kappa shape index (κ2) is 63.8. The molecule has 0 aromatic rings. The molecule has 0 aliphatic heterocycles. The topological polar surface area (TPSA) is 237 Å². The molecule has 0 spiro atoms. The molecule has 92 heavy (non-hydrogen) atoms. The van der Waals surface area contributed by atoms with Crippen molar-refractivity contribution in [3.8, 4) is 0 Å². The minimum absolute atomic E-state index is 0.102. The molecule has 0 saturated carbocycles. The molecule has 0 aliphatic rings. The first-order valence-corrected chi connectivity index (χ1v) is 40.9. The number of aliphatic hydroxyl groups is 1. The number of carbonyl (C=O) groups excluding carboxylic acids is 4. The van der Waals surface area contributed by atoms with Crippen LogP contribution in [0.5, 0.6) is 0 Å². The maximum absolute atomic E-state index is 13.1. The Morgan fingerprint density at radius 1 is 0.315 bits per heavy atom. The summed E-state index contributed by atoms with van der Waals surface area (Å²) >= 11 is 0. The largest absolute Gasteiger partial charge is 0.472 e. The summed E-state index contributed by atoms with van der Waals surface area (Å²) in [6.45, 7) is 11.8. The highest BCUT2D eigenvalue weighted by Crippen LogP contribution is 2.45. The van der Waals surface area contributed by atoms with Gasteiger partial charge in [0.05, 0.1) is 26.4 Å². The first-order chi connectivity index (χ1) is 44.3. The zero-order valence-corrected chi connectivity index (χ0v) is 61.8. The second-order valence-electron chi connectivity index (χ2n) is 27.3. The Balaban J connectivity index is 5.14. The van der Waals surface area contributed by atoms with Gasteiger partial charge in [0.2, 0.25) is 0 Å². The molecule has 0 aliphatic carbocycles. The molecule has 0 aromatic heterocycles. The van der Waals surface area contributed by atoms with Crippen LogP contribution in [0.2, 0.25) is 0 Å². The molecule has 0 aromatic carbocycles. The summed E-state index contributed by atoms with van der Waals surface area (Å²) in [6.07, 6.45) is 48.9. The number of phosphoric acid groups is 2. The summed E-state index contributed by atoms with van der Waals surface area (Å²) in [5.41, 5.74) is 0. The van der Waals surface area contributed by atoms with Crippen LogP contribution in [0.3, 0.4) is 0 Å². The minimum Gasteiger partial charge on any atom is -0.462 e. The van der Waals surface area contributed by atoms with Crippen molar-refractivity contribution in [1.82, 2.24) is 0 Å². The number of hydrogen-bond acceptors (Lipinski definition) is 15. The van der Waals surface area contributed by atoms with Crippen LogP contribution in [0.4, 0.5) is 0 Å².